The summed E-state index contributed by atoms with van der Waals surface area (Å²) in [6, 6.07) is 24.6. The molecule has 4 rings (SSSR count). The molecule has 2 atom stereocenters. The number of amidine groups is 1. The lowest BCUT2D eigenvalue weighted by Gasteiger charge is -2.39. The molecular weight excluding hydrogens is 565 g/mol. The highest BCUT2D eigenvalue weighted by Gasteiger charge is 2.48. The highest BCUT2D eigenvalue weighted by atomic mass is 32.2. The Labute approximate surface area is 252 Å². The van der Waals surface area contributed by atoms with E-state index in [2.05, 4.69) is 38.6 Å². The van der Waals surface area contributed by atoms with Crippen molar-refractivity contribution in [3.05, 3.63) is 95.6 Å². The molecule has 0 bridgehead atoms. The molecular formula is C33H44N2O5SSi. The summed E-state index contributed by atoms with van der Waals surface area (Å²) in [5.41, 5.74) is 1.54. The third-order valence-electron chi connectivity index (χ3n) is 8.04. The molecule has 7 nitrogen and oxygen atoms in total. The maximum Gasteiger partial charge on any atom is 0.299 e. The van der Waals surface area contributed by atoms with Gasteiger partial charge in [-0.25, -0.2) is 18.1 Å². The zero-order valence-electron chi connectivity index (χ0n) is 26.0. The average Bonchev–Trinajstić information content (AvgIpc) is 2.90. The molecule has 3 aromatic carbocycles. The first kappa shape index (κ1) is 31.6. The number of rotatable bonds is 9. The molecule has 1 aliphatic rings. The Morgan fingerprint density at radius 2 is 1.64 bits per heavy atom. The van der Waals surface area contributed by atoms with E-state index in [1.807, 2.05) is 61.5 Å². The van der Waals surface area contributed by atoms with Gasteiger partial charge in [0.25, 0.3) is 6.02 Å². The molecule has 9 heteroatoms. The first-order valence-corrected chi connectivity index (χ1v) is 18.9. The molecule has 1 heterocycles. The molecule has 1 N–H and O–H groups in total. The summed E-state index contributed by atoms with van der Waals surface area (Å²) in [7, 11) is -5.87. The van der Waals surface area contributed by atoms with E-state index in [1.165, 1.54) is 0 Å². The third-order valence-corrected chi connectivity index (χ3v) is 14.3. The maximum absolute atomic E-state index is 13.6. The van der Waals surface area contributed by atoms with E-state index >= 15 is 0 Å². The number of hydrogen-bond acceptors (Lipinski definition) is 6. The third kappa shape index (κ3) is 7.36. The van der Waals surface area contributed by atoms with Crippen LogP contribution in [0.3, 0.4) is 0 Å². The normalized spacial score (nSPS) is 19.8. The van der Waals surface area contributed by atoms with Crippen LogP contribution in [0.1, 0.15) is 75.9 Å². The van der Waals surface area contributed by atoms with E-state index in [0.717, 1.165) is 16.9 Å². The number of nitrogens with one attached hydrogen (secondary N) is 1. The van der Waals surface area contributed by atoms with Crippen LogP contribution in [0.15, 0.2) is 83.9 Å². The lowest BCUT2D eigenvalue weighted by atomic mass is 9.97. The summed E-state index contributed by atoms with van der Waals surface area (Å²) in [6.45, 7) is 17.1. The SMILES string of the molecule is CC[C@H](N=C1NS(=O)(=O)C(c2ccc(OCc3ccccc3)cc2)C(C)(C)O1)c1cccc(O[Si](C)(C)C(C)(C)C)c1. The largest absolute Gasteiger partial charge is 0.543 e. The minimum atomic E-state index is -3.85. The Kier molecular flexibility index (Phi) is 9.13. The molecule has 0 aliphatic carbocycles. The number of sulfonamides is 1. The van der Waals surface area contributed by atoms with Gasteiger partial charge in [0.05, 0.1) is 6.04 Å². The van der Waals surface area contributed by atoms with Crippen LogP contribution in [-0.4, -0.2) is 28.4 Å². The predicted octanol–water partition coefficient (Wildman–Crippen LogP) is 7.93. The second-order valence-electron chi connectivity index (χ2n) is 12.9. The summed E-state index contributed by atoms with van der Waals surface area (Å²) in [5.74, 6) is 1.47. The fraction of sp³-hybridized carbons (Fsp3) is 0.424. The molecule has 3 aromatic rings. The van der Waals surface area contributed by atoms with Gasteiger partial charge in [0, 0.05) is 0 Å². The van der Waals surface area contributed by atoms with Crippen molar-refractivity contribution in [2.24, 2.45) is 4.99 Å². The van der Waals surface area contributed by atoms with Crippen molar-refractivity contribution in [1.82, 2.24) is 4.72 Å². The van der Waals surface area contributed by atoms with Crippen molar-refractivity contribution in [1.29, 1.82) is 0 Å². The van der Waals surface area contributed by atoms with E-state index in [-0.39, 0.29) is 17.1 Å². The van der Waals surface area contributed by atoms with E-state index in [1.54, 1.807) is 38.1 Å². The van der Waals surface area contributed by atoms with Crippen molar-refractivity contribution in [2.45, 2.75) is 89.6 Å². The molecule has 0 amide bonds. The molecule has 0 radical (unpaired) electrons. The van der Waals surface area contributed by atoms with Crippen LogP contribution in [0, 0.1) is 0 Å². The minimum Gasteiger partial charge on any atom is -0.543 e. The molecule has 0 saturated carbocycles. The Morgan fingerprint density at radius 1 is 0.976 bits per heavy atom. The average molecular weight is 609 g/mol. The number of nitrogens with zero attached hydrogens (tertiary/aromatic N) is 1. The van der Waals surface area contributed by atoms with Crippen LogP contribution < -0.4 is 13.9 Å². The number of ether oxygens (including phenoxy) is 2. The van der Waals surface area contributed by atoms with Gasteiger partial charge in [-0.15, -0.1) is 0 Å². The van der Waals surface area contributed by atoms with Crippen molar-refractivity contribution in [2.75, 3.05) is 0 Å². The summed E-state index contributed by atoms with van der Waals surface area (Å²) in [6.07, 6.45) is 0.659. The van der Waals surface area contributed by atoms with Gasteiger partial charge >= 0.3 is 0 Å². The lowest BCUT2D eigenvalue weighted by Crippen LogP contribution is -2.53. The highest BCUT2D eigenvalue weighted by Crippen LogP contribution is 2.40. The van der Waals surface area contributed by atoms with Crippen LogP contribution in [0.4, 0.5) is 0 Å². The number of hydrogen-bond donors (Lipinski definition) is 1. The van der Waals surface area contributed by atoms with Gasteiger partial charge in [-0.3, -0.25) is 0 Å². The molecule has 1 fully saturated rings. The monoisotopic (exact) mass is 608 g/mol. The van der Waals surface area contributed by atoms with Crippen LogP contribution in [-0.2, 0) is 21.4 Å². The van der Waals surface area contributed by atoms with Gasteiger partial charge in [-0.2, -0.15) is 0 Å². The van der Waals surface area contributed by atoms with E-state index in [9.17, 15) is 8.42 Å². The second-order valence-corrected chi connectivity index (χ2v) is 19.4. The standard InChI is InChI=1S/C33H44N2O5SSi/c1-9-29(26-16-13-17-28(22-26)40-42(7,8)32(2,3)4)34-31-35-41(36,37)30(33(5,6)39-31)25-18-20-27(21-19-25)38-23-24-14-11-10-12-15-24/h10-22,29-30H,9,23H2,1-8H3,(H,34,35)/t29-,30?/m0/s1. The fourth-order valence-corrected chi connectivity index (χ4v) is 7.56. The van der Waals surface area contributed by atoms with Crippen LogP contribution >= 0.6 is 0 Å². The van der Waals surface area contributed by atoms with Gasteiger partial charge in [0.1, 0.15) is 29.0 Å². The quantitative estimate of drug-likeness (QED) is 0.249. The molecule has 0 spiro atoms. The molecule has 42 heavy (non-hydrogen) atoms. The fourth-order valence-electron chi connectivity index (χ4n) is 4.77. The van der Waals surface area contributed by atoms with Crippen molar-refractivity contribution >= 4 is 24.4 Å². The lowest BCUT2D eigenvalue weighted by molar-refractivity contribution is 0.0760. The first-order valence-electron chi connectivity index (χ1n) is 14.5. The van der Waals surface area contributed by atoms with Gasteiger partial charge in [0.2, 0.25) is 18.3 Å². The van der Waals surface area contributed by atoms with Crippen LogP contribution in [0.5, 0.6) is 11.5 Å². The van der Waals surface area contributed by atoms with E-state index in [0.29, 0.717) is 24.3 Å². The molecule has 226 valence electrons. The molecule has 1 saturated heterocycles. The second kappa shape index (κ2) is 12.1. The van der Waals surface area contributed by atoms with Crippen LogP contribution in [0.25, 0.3) is 0 Å². The highest BCUT2D eigenvalue weighted by molar-refractivity contribution is 7.90. The van der Waals surface area contributed by atoms with Gasteiger partial charge in [-0.05, 0) is 79.4 Å². The summed E-state index contributed by atoms with van der Waals surface area (Å²) in [5, 5.41) is -0.868. The van der Waals surface area contributed by atoms with Crippen molar-refractivity contribution in [3.8, 4) is 11.5 Å². The van der Waals surface area contributed by atoms with Gasteiger partial charge in [-0.1, -0.05) is 82.3 Å². The Bertz CT molecular complexity index is 1500. The summed E-state index contributed by atoms with van der Waals surface area (Å²) >= 11 is 0. The Morgan fingerprint density at radius 3 is 2.24 bits per heavy atom. The molecule has 1 aliphatic heterocycles. The maximum atomic E-state index is 13.6. The summed E-state index contributed by atoms with van der Waals surface area (Å²) in [4.78, 5) is 4.74. The van der Waals surface area contributed by atoms with Crippen molar-refractivity contribution in [3.63, 3.8) is 0 Å². The zero-order chi connectivity index (χ0) is 30.8. The smallest absolute Gasteiger partial charge is 0.299 e. The predicted molar refractivity (Wildman–Crippen MR) is 172 cm³/mol. The topological polar surface area (TPSA) is 86.2 Å². The minimum absolute atomic E-state index is 0.00151. The number of benzene rings is 3. The van der Waals surface area contributed by atoms with Crippen molar-refractivity contribution < 1.29 is 22.3 Å². The Hall–Kier alpha value is -3.30. The zero-order valence-corrected chi connectivity index (χ0v) is 27.8. The molecule has 0 aromatic heterocycles. The number of aliphatic imine (C=N–C) groups is 1. The molecule has 1 unspecified atom stereocenters. The van der Waals surface area contributed by atoms with Crippen LogP contribution in [0.2, 0.25) is 18.1 Å². The van der Waals surface area contributed by atoms with Gasteiger partial charge in [0.15, 0.2) is 0 Å². The first-order chi connectivity index (χ1) is 19.6. The Balaban J connectivity index is 1.52. The summed E-state index contributed by atoms with van der Waals surface area (Å²) < 4.78 is 48.4. The van der Waals surface area contributed by atoms with Gasteiger partial charge < -0.3 is 13.9 Å². The van der Waals surface area contributed by atoms with E-state index < -0.39 is 29.2 Å². The van der Waals surface area contributed by atoms with E-state index in [4.69, 9.17) is 18.9 Å².